The second-order valence-corrected chi connectivity index (χ2v) is 9.12. The Morgan fingerprint density at radius 2 is 1.94 bits per heavy atom. The lowest BCUT2D eigenvalue weighted by molar-refractivity contribution is 0.00856. The van der Waals surface area contributed by atoms with Gasteiger partial charge in [0.15, 0.2) is 0 Å². The van der Waals surface area contributed by atoms with Crippen molar-refractivity contribution in [3.8, 4) is 16.9 Å². The first-order chi connectivity index (χ1) is 16.4. The minimum Gasteiger partial charge on any atom is -0.488 e. The first kappa shape index (κ1) is 20.9. The first-order valence-corrected chi connectivity index (χ1v) is 11.4. The molecule has 2 bridgehead atoms. The van der Waals surface area contributed by atoms with Crippen LogP contribution in [0.5, 0.6) is 5.75 Å². The fraction of sp³-hybridized carbons (Fsp3) is 0.375. The van der Waals surface area contributed by atoms with Gasteiger partial charge in [0.1, 0.15) is 23.4 Å². The van der Waals surface area contributed by atoms with Gasteiger partial charge in [-0.25, -0.2) is 4.52 Å². The number of fused-ring (bicyclic) bond motifs is 3. The summed E-state index contributed by atoms with van der Waals surface area (Å²) in [6.45, 7) is 3.03. The zero-order valence-corrected chi connectivity index (χ0v) is 19.1. The third-order valence-electron chi connectivity index (χ3n) is 6.61. The molecule has 9 nitrogen and oxygen atoms in total. The molecule has 2 unspecified atom stereocenters. The highest BCUT2D eigenvalue weighted by Crippen LogP contribution is 2.38. The molecule has 0 radical (unpaired) electrons. The fourth-order valence-electron chi connectivity index (χ4n) is 5.20. The molecule has 2 fully saturated rings. The highest BCUT2D eigenvalue weighted by atomic mass is 19.1. The molecule has 2 N–H and O–H groups in total. The molecule has 0 aliphatic carbocycles. The molecule has 4 aromatic rings. The number of morpholine rings is 1. The molecular formula is C24H26FN7O2. The highest BCUT2D eigenvalue weighted by Gasteiger charge is 2.42. The quantitative estimate of drug-likeness (QED) is 0.497. The highest BCUT2D eigenvalue weighted by molar-refractivity contribution is 5.74. The summed E-state index contributed by atoms with van der Waals surface area (Å²) in [6, 6.07) is 7.95. The Kier molecular flexibility index (Phi) is 4.91. The average Bonchev–Trinajstić information content (AvgIpc) is 3.33. The van der Waals surface area contributed by atoms with Crippen LogP contribution in [0, 0.1) is 12.9 Å². The lowest BCUT2D eigenvalue weighted by atomic mass is 9.91. The van der Waals surface area contributed by atoms with E-state index in [1.807, 2.05) is 37.4 Å². The second-order valence-electron chi connectivity index (χ2n) is 9.12. The summed E-state index contributed by atoms with van der Waals surface area (Å²) in [4.78, 5) is 6.61. The van der Waals surface area contributed by atoms with E-state index in [-0.39, 0.29) is 18.2 Å². The van der Waals surface area contributed by atoms with Crippen molar-refractivity contribution in [3.63, 3.8) is 0 Å². The molecule has 10 heteroatoms. The van der Waals surface area contributed by atoms with Gasteiger partial charge in [0.2, 0.25) is 0 Å². The summed E-state index contributed by atoms with van der Waals surface area (Å²) >= 11 is 0. The maximum Gasteiger partial charge on any atom is 0.255 e. The molecule has 6 rings (SSSR count). The fourth-order valence-corrected chi connectivity index (χ4v) is 5.20. The number of anilines is 2. The van der Waals surface area contributed by atoms with E-state index in [0.29, 0.717) is 24.7 Å². The summed E-state index contributed by atoms with van der Waals surface area (Å²) in [6.07, 6.45) is 6.82. The number of nitrogen functional groups attached to an aromatic ring is 1. The first-order valence-electron chi connectivity index (χ1n) is 11.4. The van der Waals surface area contributed by atoms with Crippen LogP contribution in [-0.2, 0) is 11.8 Å². The summed E-state index contributed by atoms with van der Waals surface area (Å²) in [5, 5.41) is 8.15. The van der Waals surface area contributed by atoms with Gasteiger partial charge in [0.05, 0.1) is 43.2 Å². The van der Waals surface area contributed by atoms with Gasteiger partial charge in [-0.3, -0.25) is 9.67 Å². The summed E-state index contributed by atoms with van der Waals surface area (Å²) in [5.41, 5.74) is 10.2. The number of hydrogen-bond acceptors (Lipinski definition) is 7. The van der Waals surface area contributed by atoms with Crippen LogP contribution in [0.15, 0.2) is 42.9 Å². The summed E-state index contributed by atoms with van der Waals surface area (Å²) in [5.74, 6) is 0.761. The minimum atomic E-state index is -0.445. The number of nitrogens with two attached hydrogens (primary N) is 1. The number of halogens is 1. The number of rotatable bonds is 4. The van der Waals surface area contributed by atoms with Gasteiger partial charge in [-0.15, -0.1) is 5.10 Å². The van der Waals surface area contributed by atoms with E-state index in [1.165, 1.54) is 4.68 Å². The number of aromatic nitrogens is 5. The topological polar surface area (TPSA) is 95.7 Å². The van der Waals surface area contributed by atoms with E-state index in [1.54, 1.807) is 24.0 Å². The standard InChI is InChI=1S/C24H26FN7O2/c1-14-5-20(15-3-4-31-16(6-15)9-23(26)28-31)22(10-27-14)34-19-7-17-12-33-13-18(8-19)32(17)21-11-30(2)29-24(21)25/h3-6,9-11,17-19H,7-8,12-13H2,1-2H3,(H2,26,28). The predicted molar refractivity (Wildman–Crippen MR) is 125 cm³/mol. The molecule has 2 aliphatic rings. The maximum atomic E-state index is 14.5. The molecule has 176 valence electrons. The third-order valence-corrected chi connectivity index (χ3v) is 6.61. The van der Waals surface area contributed by atoms with Crippen LogP contribution in [0.3, 0.4) is 0 Å². The van der Waals surface area contributed by atoms with Crippen LogP contribution in [0.2, 0.25) is 0 Å². The van der Waals surface area contributed by atoms with Gasteiger partial charge in [0, 0.05) is 43.4 Å². The molecule has 2 atom stereocenters. The van der Waals surface area contributed by atoms with Gasteiger partial charge in [-0.05, 0) is 30.7 Å². The Morgan fingerprint density at radius 3 is 2.68 bits per heavy atom. The van der Waals surface area contributed by atoms with Crippen molar-refractivity contribution >= 4 is 17.0 Å². The lowest BCUT2D eigenvalue weighted by Gasteiger charge is -2.48. The van der Waals surface area contributed by atoms with Crippen LogP contribution < -0.4 is 15.4 Å². The van der Waals surface area contributed by atoms with Gasteiger partial charge in [0.25, 0.3) is 5.95 Å². The second kappa shape index (κ2) is 7.98. The van der Waals surface area contributed by atoms with Crippen molar-refractivity contribution in [1.29, 1.82) is 0 Å². The number of hydrogen-bond donors (Lipinski definition) is 1. The average molecular weight is 464 g/mol. The number of pyridine rings is 2. The Balaban J connectivity index is 1.29. The summed E-state index contributed by atoms with van der Waals surface area (Å²) in [7, 11) is 1.73. The molecule has 0 spiro atoms. The van der Waals surface area contributed by atoms with Crippen molar-refractivity contribution in [1.82, 2.24) is 24.4 Å². The van der Waals surface area contributed by atoms with Gasteiger partial charge >= 0.3 is 0 Å². The number of ether oxygens (including phenoxy) is 2. The number of nitrogens with zero attached hydrogens (tertiary/aromatic N) is 6. The van der Waals surface area contributed by atoms with E-state index in [0.717, 1.165) is 40.9 Å². The monoisotopic (exact) mass is 463 g/mol. The van der Waals surface area contributed by atoms with E-state index in [9.17, 15) is 4.39 Å². The largest absolute Gasteiger partial charge is 0.488 e. The van der Waals surface area contributed by atoms with Crippen molar-refractivity contribution in [2.24, 2.45) is 7.05 Å². The van der Waals surface area contributed by atoms with Crippen molar-refractivity contribution in [2.75, 3.05) is 23.8 Å². The maximum absolute atomic E-state index is 14.5. The Hall–Kier alpha value is -3.66. The van der Waals surface area contributed by atoms with E-state index in [2.05, 4.69) is 20.1 Å². The van der Waals surface area contributed by atoms with Crippen LogP contribution in [-0.4, -0.2) is 55.8 Å². The molecule has 34 heavy (non-hydrogen) atoms. The van der Waals surface area contributed by atoms with Gasteiger partial charge in [-0.1, -0.05) is 0 Å². The van der Waals surface area contributed by atoms with E-state index in [4.69, 9.17) is 15.2 Å². The normalized spacial score (nSPS) is 22.3. The SMILES string of the molecule is Cc1cc(-c2ccn3nc(N)cc3c2)c(OC2CC3COCC(C2)N3c2cn(C)nc2F)cn1. The molecule has 4 aromatic heterocycles. The number of aryl methyl sites for hydroxylation is 2. The van der Waals surface area contributed by atoms with Gasteiger partial charge < -0.3 is 20.1 Å². The predicted octanol–water partition coefficient (Wildman–Crippen LogP) is 2.97. The van der Waals surface area contributed by atoms with Crippen molar-refractivity contribution < 1.29 is 13.9 Å². The van der Waals surface area contributed by atoms with Crippen molar-refractivity contribution in [2.45, 2.75) is 38.0 Å². The number of piperidine rings is 1. The van der Waals surface area contributed by atoms with Crippen LogP contribution in [0.1, 0.15) is 18.5 Å². The Labute approximate surface area is 195 Å². The zero-order valence-electron chi connectivity index (χ0n) is 19.1. The van der Waals surface area contributed by atoms with Crippen molar-refractivity contribution in [3.05, 3.63) is 54.5 Å². The Bertz CT molecular complexity index is 1350. The minimum absolute atomic E-state index is 0.0178. The zero-order chi connectivity index (χ0) is 23.4. The van der Waals surface area contributed by atoms with Crippen LogP contribution in [0.25, 0.3) is 16.6 Å². The van der Waals surface area contributed by atoms with Crippen LogP contribution in [0.4, 0.5) is 15.9 Å². The molecule has 6 heterocycles. The third kappa shape index (κ3) is 3.63. The lowest BCUT2D eigenvalue weighted by Crippen LogP contribution is -2.59. The summed E-state index contributed by atoms with van der Waals surface area (Å²) < 4.78 is 30.1. The Morgan fingerprint density at radius 1 is 1.15 bits per heavy atom. The van der Waals surface area contributed by atoms with Crippen LogP contribution >= 0.6 is 0 Å². The molecule has 0 amide bonds. The molecular weight excluding hydrogens is 437 g/mol. The van der Waals surface area contributed by atoms with E-state index < -0.39 is 5.95 Å². The smallest absolute Gasteiger partial charge is 0.255 e. The molecule has 0 aromatic carbocycles. The molecule has 0 saturated carbocycles. The molecule has 2 aliphatic heterocycles. The molecule has 2 saturated heterocycles. The van der Waals surface area contributed by atoms with E-state index >= 15 is 0 Å². The van der Waals surface area contributed by atoms with Gasteiger partial charge in [-0.2, -0.15) is 9.49 Å².